The van der Waals surface area contributed by atoms with Crippen molar-refractivity contribution in [1.82, 2.24) is 10.2 Å². The molecule has 5 nitrogen and oxygen atoms in total. The molecule has 0 spiro atoms. The molecule has 86 valence electrons. The lowest BCUT2D eigenvalue weighted by atomic mass is 9.92. The number of hydrogen-bond acceptors (Lipinski definition) is 4. The highest BCUT2D eigenvalue weighted by Gasteiger charge is 2.16. The van der Waals surface area contributed by atoms with Crippen LogP contribution in [0.3, 0.4) is 0 Å². The fraction of sp³-hybridized carbons (Fsp3) is 0.455. The first-order valence-electron chi connectivity index (χ1n) is 4.87. The van der Waals surface area contributed by atoms with Gasteiger partial charge in [0.1, 0.15) is 5.94 Å². The molecule has 0 bridgehead atoms. The lowest BCUT2D eigenvalue weighted by Gasteiger charge is -2.14. The van der Waals surface area contributed by atoms with Crippen molar-refractivity contribution in [3.63, 3.8) is 0 Å². The average molecular weight is 221 g/mol. The van der Waals surface area contributed by atoms with Gasteiger partial charge in [0.15, 0.2) is 5.82 Å². The summed E-state index contributed by atoms with van der Waals surface area (Å²) in [6, 6.07) is 1.82. The average Bonchev–Trinajstić information content (AvgIpc) is 2.65. The van der Waals surface area contributed by atoms with Gasteiger partial charge in [-0.3, -0.25) is 5.10 Å². The summed E-state index contributed by atoms with van der Waals surface area (Å²) in [5, 5.41) is 6.90. The van der Waals surface area contributed by atoms with E-state index >= 15 is 0 Å². The van der Waals surface area contributed by atoms with Gasteiger partial charge in [0, 0.05) is 17.2 Å². The van der Waals surface area contributed by atoms with E-state index in [2.05, 4.69) is 36.0 Å². The second-order valence-electron chi connectivity index (χ2n) is 4.31. The number of aromatic nitrogens is 2. The Morgan fingerprint density at radius 1 is 1.62 bits per heavy atom. The Balaban J connectivity index is 2.98. The molecule has 1 aromatic rings. The number of methoxy groups -OCH3 is 1. The molecule has 0 saturated heterocycles. The molecular formula is C11H15N3O2. The van der Waals surface area contributed by atoms with Crippen molar-refractivity contribution in [2.24, 2.45) is 4.99 Å². The van der Waals surface area contributed by atoms with Gasteiger partial charge in [0.05, 0.1) is 13.2 Å². The van der Waals surface area contributed by atoms with Crippen LogP contribution in [-0.2, 0) is 14.9 Å². The minimum Gasteiger partial charge on any atom is -0.480 e. The predicted octanol–water partition coefficient (Wildman–Crippen LogP) is 1.77. The number of rotatable bonds is 2. The van der Waals surface area contributed by atoms with E-state index in [-0.39, 0.29) is 11.3 Å². The number of nitrogens with zero attached hydrogens (tertiary/aromatic N) is 2. The highest BCUT2D eigenvalue weighted by atomic mass is 16.5. The molecule has 0 fully saturated rings. The summed E-state index contributed by atoms with van der Waals surface area (Å²) >= 11 is 0. The van der Waals surface area contributed by atoms with Gasteiger partial charge < -0.3 is 4.74 Å². The van der Waals surface area contributed by atoms with Crippen LogP contribution in [-0.4, -0.2) is 29.1 Å². The quantitative estimate of drug-likeness (QED) is 0.470. The zero-order valence-corrected chi connectivity index (χ0v) is 9.87. The third-order valence-electron chi connectivity index (χ3n) is 1.99. The van der Waals surface area contributed by atoms with Crippen LogP contribution in [0.2, 0.25) is 0 Å². The van der Waals surface area contributed by atoms with E-state index in [0.717, 1.165) is 11.8 Å². The van der Waals surface area contributed by atoms with Crippen molar-refractivity contribution < 1.29 is 9.53 Å². The van der Waals surface area contributed by atoms with E-state index in [1.54, 1.807) is 5.94 Å². The summed E-state index contributed by atoms with van der Waals surface area (Å²) in [7, 11) is 1.43. The Bertz CT molecular complexity index is 434. The maximum absolute atomic E-state index is 10.2. The molecule has 1 rings (SSSR count). The van der Waals surface area contributed by atoms with Crippen LogP contribution >= 0.6 is 0 Å². The van der Waals surface area contributed by atoms with E-state index < -0.39 is 0 Å². The van der Waals surface area contributed by atoms with Crippen LogP contribution in [0.1, 0.15) is 26.5 Å². The van der Waals surface area contributed by atoms with Crippen molar-refractivity contribution in [3.05, 3.63) is 17.8 Å². The Kier molecular flexibility index (Phi) is 3.64. The van der Waals surface area contributed by atoms with Crippen LogP contribution < -0.4 is 0 Å². The van der Waals surface area contributed by atoms with Gasteiger partial charge in [-0.1, -0.05) is 20.8 Å². The van der Waals surface area contributed by atoms with Gasteiger partial charge in [-0.2, -0.15) is 10.1 Å². The van der Waals surface area contributed by atoms with Gasteiger partial charge in [0.25, 0.3) is 0 Å². The molecule has 0 radical (unpaired) electrons. The number of ether oxygens (including phenoxy) is 1. The summed E-state index contributed by atoms with van der Waals surface area (Å²) < 4.78 is 4.87. The fourth-order valence-corrected chi connectivity index (χ4v) is 1.05. The molecule has 16 heavy (non-hydrogen) atoms. The minimum absolute atomic E-state index is 0.0193. The van der Waals surface area contributed by atoms with Gasteiger partial charge in [-0.25, -0.2) is 4.79 Å². The lowest BCUT2D eigenvalue weighted by molar-refractivity contribution is 0.407. The number of nitrogens with one attached hydrogen (secondary N) is 1. The zero-order valence-electron chi connectivity index (χ0n) is 9.87. The highest BCUT2D eigenvalue weighted by molar-refractivity contribution is 5.95. The first-order valence-corrected chi connectivity index (χ1v) is 4.87. The van der Waals surface area contributed by atoms with Crippen LogP contribution in [0.4, 0.5) is 5.82 Å². The lowest BCUT2D eigenvalue weighted by Crippen LogP contribution is -2.11. The van der Waals surface area contributed by atoms with Crippen molar-refractivity contribution in [3.8, 4) is 0 Å². The van der Waals surface area contributed by atoms with E-state index in [4.69, 9.17) is 4.74 Å². The largest absolute Gasteiger partial charge is 0.480 e. The second-order valence-corrected chi connectivity index (χ2v) is 4.31. The number of aromatic amines is 1. The standard InChI is InChI=1S/C11H15N3O2/c1-11(2,3)8-7-9(14-13-8)12-10(16-4)5-6-15/h5,7H,1-4H3,(H,13,14). The molecule has 1 heterocycles. The van der Waals surface area contributed by atoms with Crippen LogP contribution in [0.5, 0.6) is 0 Å². The van der Waals surface area contributed by atoms with Crippen LogP contribution in [0, 0.1) is 0 Å². The maximum atomic E-state index is 10.2. The molecule has 0 aliphatic rings. The van der Waals surface area contributed by atoms with E-state index in [1.165, 1.54) is 7.11 Å². The summed E-state index contributed by atoms with van der Waals surface area (Å²) in [6.45, 7) is 6.20. The Morgan fingerprint density at radius 2 is 2.31 bits per heavy atom. The molecule has 1 aromatic heterocycles. The Hall–Kier alpha value is -1.87. The zero-order chi connectivity index (χ0) is 12.2. The Labute approximate surface area is 94.2 Å². The number of hydrogen-bond donors (Lipinski definition) is 1. The summed E-state index contributed by atoms with van der Waals surface area (Å²) in [6.07, 6.45) is 1.12. The number of aliphatic imine (C=N–C) groups is 1. The topological polar surface area (TPSA) is 67.3 Å². The third kappa shape index (κ3) is 3.07. The number of carbonyl (C=O) groups excluding carboxylic acids is 1. The van der Waals surface area contributed by atoms with Crippen molar-refractivity contribution in [2.75, 3.05) is 7.11 Å². The van der Waals surface area contributed by atoms with Crippen LogP contribution in [0.15, 0.2) is 17.1 Å². The van der Waals surface area contributed by atoms with Crippen molar-refractivity contribution in [1.29, 1.82) is 0 Å². The molecule has 1 N–H and O–H groups in total. The molecule has 0 atom stereocenters. The summed E-state index contributed by atoms with van der Waals surface area (Å²) in [4.78, 5) is 14.2. The highest BCUT2D eigenvalue weighted by Crippen LogP contribution is 2.23. The molecular weight excluding hydrogens is 206 g/mol. The van der Waals surface area contributed by atoms with E-state index in [9.17, 15) is 4.79 Å². The van der Waals surface area contributed by atoms with Gasteiger partial charge in [-0.15, -0.1) is 0 Å². The molecule has 5 heteroatoms. The number of H-pyrrole nitrogens is 1. The third-order valence-corrected chi connectivity index (χ3v) is 1.99. The second kappa shape index (κ2) is 4.77. The molecule has 0 amide bonds. The molecule has 0 aliphatic carbocycles. The maximum Gasteiger partial charge on any atom is 0.226 e. The fourth-order valence-electron chi connectivity index (χ4n) is 1.05. The first kappa shape index (κ1) is 12.2. The summed E-state index contributed by atoms with van der Waals surface area (Å²) in [5.74, 6) is 2.27. The molecule has 0 aliphatic heterocycles. The van der Waals surface area contributed by atoms with Gasteiger partial charge >= 0.3 is 0 Å². The van der Waals surface area contributed by atoms with Crippen molar-refractivity contribution in [2.45, 2.75) is 26.2 Å². The van der Waals surface area contributed by atoms with Gasteiger partial charge in [-0.05, 0) is 0 Å². The molecule has 0 saturated carbocycles. The van der Waals surface area contributed by atoms with Crippen LogP contribution in [0.25, 0.3) is 0 Å². The minimum atomic E-state index is -0.0193. The molecule has 0 aromatic carbocycles. The SMILES string of the molecule is COC(C=C=O)=Nc1cc(C(C)(C)C)[nH]n1. The monoisotopic (exact) mass is 221 g/mol. The van der Waals surface area contributed by atoms with Crippen molar-refractivity contribution >= 4 is 17.7 Å². The molecule has 0 unspecified atom stereocenters. The predicted molar refractivity (Wildman–Crippen MR) is 61.7 cm³/mol. The normalized spacial score (nSPS) is 12.1. The van der Waals surface area contributed by atoms with Gasteiger partial charge in [0.2, 0.25) is 5.90 Å². The first-order chi connectivity index (χ1) is 7.47. The van der Waals surface area contributed by atoms with E-state index in [0.29, 0.717) is 5.82 Å². The smallest absolute Gasteiger partial charge is 0.226 e. The summed E-state index contributed by atoms with van der Waals surface area (Å²) in [5.41, 5.74) is 0.950. The van der Waals surface area contributed by atoms with E-state index in [1.807, 2.05) is 6.07 Å². The Morgan fingerprint density at radius 3 is 2.75 bits per heavy atom.